The van der Waals surface area contributed by atoms with Crippen molar-refractivity contribution in [1.29, 1.82) is 0 Å². The molecule has 0 aromatic carbocycles. The van der Waals surface area contributed by atoms with Crippen molar-refractivity contribution in [2.24, 2.45) is 11.7 Å². The van der Waals surface area contributed by atoms with Crippen LogP contribution in [-0.4, -0.2) is 54.4 Å². The number of ketones is 1. The van der Waals surface area contributed by atoms with Crippen molar-refractivity contribution in [2.75, 3.05) is 13.1 Å². The highest BCUT2D eigenvalue weighted by Gasteiger charge is 2.40. The molecule has 9 nitrogen and oxygen atoms in total. The SMILES string of the molecule is CC(CC(N)=O)CC(=O)N([C@H]1CCCNCC1=O)S(=O)(=O)c1ccccn1. The molecule has 1 fully saturated rings. The number of aromatic nitrogens is 1. The molecule has 1 aromatic heterocycles. The maximum absolute atomic E-state index is 13.1. The number of carbonyl (C=O) groups is 3. The van der Waals surface area contributed by atoms with Gasteiger partial charge in [-0.1, -0.05) is 13.0 Å². The van der Waals surface area contributed by atoms with Gasteiger partial charge in [0.25, 0.3) is 10.0 Å². The lowest BCUT2D eigenvalue weighted by atomic mass is 10.0. The summed E-state index contributed by atoms with van der Waals surface area (Å²) in [6, 6.07) is 3.23. The smallest absolute Gasteiger partial charge is 0.284 e. The van der Waals surface area contributed by atoms with Crippen LogP contribution in [0.3, 0.4) is 0 Å². The summed E-state index contributed by atoms with van der Waals surface area (Å²) in [5.74, 6) is -2.14. The van der Waals surface area contributed by atoms with Crippen LogP contribution in [-0.2, 0) is 24.4 Å². The van der Waals surface area contributed by atoms with Gasteiger partial charge in [-0.2, -0.15) is 8.42 Å². The van der Waals surface area contributed by atoms with Gasteiger partial charge in [-0.25, -0.2) is 9.29 Å². The minimum atomic E-state index is -4.32. The Morgan fingerprint density at radius 1 is 1.37 bits per heavy atom. The lowest BCUT2D eigenvalue weighted by Gasteiger charge is -2.29. The zero-order valence-corrected chi connectivity index (χ0v) is 15.9. The average Bonchev–Trinajstić information content (AvgIpc) is 2.80. The summed E-state index contributed by atoms with van der Waals surface area (Å²) in [5.41, 5.74) is 5.15. The molecule has 1 aliphatic rings. The Hall–Kier alpha value is -2.33. The molecule has 10 heteroatoms. The van der Waals surface area contributed by atoms with E-state index in [1.165, 1.54) is 18.3 Å². The predicted octanol–water partition coefficient (Wildman–Crippen LogP) is -0.178. The number of pyridine rings is 1. The first-order valence-electron chi connectivity index (χ1n) is 8.73. The monoisotopic (exact) mass is 396 g/mol. The molecule has 1 unspecified atom stereocenters. The zero-order chi connectivity index (χ0) is 20.0. The van der Waals surface area contributed by atoms with Gasteiger partial charge < -0.3 is 11.1 Å². The Balaban J connectivity index is 2.40. The number of nitrogens with zero attached hydrogens (tertiary/aromatic N) is 2. The summed E-state index contributed by atoms with van der Waals surface area (Å²) in [6.45, 7) is 2.18. The van der Waals surface area contributed by atoms with Gasteiger partial charge >= 0.3 is 0 Å². The normalized spacial score (nSPS) is 19.1. The summed E-state index contributed by atoms with van der Waals surface area (Å²) in [7, 11) is -4.32. The molecular formula is C17H24N4O5S. The summed E-state index contributed by atoms with van der Waals surface area (Å²) >= 11 is 0. The van der Waals surface area contributed by atoms with Gasteiger partial charge in [-0.05, 0) is 37.4 Å². The molecule has 2 atom stereocenters. The van der Waals surface area contributed by atoms with E-state index in [2.05, 4.69) is 10.3 Å². The molecule has 0 spiro atoms. The maximum Gasteiger partial charge on any atom is 0.284 e. The molecule has 3 N–H and O–H groups in total. The Kier molecular flexibility index (Phi) is 7.03. The van der Waals surface area contributed by atoms with E-state index >= 15 is 0 Å². The number of Topliss-reactive ketones (excluding diaryl/α,β-unsaturated/α-hetero) is 1. The van der Waals surface area contributed by atoms with Crippen LogP contribution in [0.2, 0.25) is 0 Å². The van der Waals surface area contributed by atoms with Crippen molar-refractivity contribution in [2.45, 2.75) is 43.7 Å². The summed E-state index contributed by atoms with van der Waals surface area (Å²) in [6.07, 6.45) is 1.82. The molecule has 1 aromatic rings. The molecule has 1 saturated heterocycles. The van der Waals surface area contributed by atoms with Crippen molar-refractivity contribution in [3.8, 4) is 0 Å². The lowest BCUT2D eigenvalue weighted by molar-refractivity contribution is -0.134. The second-order valence-corrected chi connectivity index (χ2v) is 8.41. The second-order valence-electron chi connectivity index (χ2n) is 6.64. The molecule has 1 aliphatic heterocycles. The number of primary amides is 1. The quantitative estimate of drug-likeness (QED) is 0.651. The van der Waals surface area contributed by atoms with Gasteiger partial charge in [0.05, 0.1) is 6.54 Å². The van der Waals surface area contributed by atoms with E-state index in [0.717, 1.165) is 0 Å². The van der Waals surface area contributed by atoms with Crippen LogP contribution in [0.1, 0.15) is 32.6 Å². The molecule has 2 amide bonds. The summed E-state index contributed by atoms with van der Waals surface area (Å²) in [5, 5.41) is 2.62. The number of hydrogen-bond donors (Lipinski definition) is 2. The van der Waals surface area contributed by atoms with Crippen LogP contribution in [0, 0.1) is 5.92 Å². The average molecular weight is 396 g/mol. The van der Waals surface area contributed by atoms with Gasteiger partial charge in [-0.15, -0.1) is 0 Å². The van der Waals surface area contributed by atoms with Crippen LogP contribution in [0.4, 0.5) is 0 Å². The van der Waals surface area contributed by atoms with Gasteiger partial charge in [0.1, 0.15) is 6.04 Å². The first-order valence-corrected chi connectivity index (χ1v) is 10.2. The number of nitrogens with two attached hydrogens (primary N) is 1. The standard InChI is InChI=1S/C17H24N4O5S/c1-12(9-15(18)23)10-17(24)21(13-5-4-7-19-11-14(13)22)27(25,26)16-6-2-3-8-20-16/h2-3,6,8,12-13,19H,4-5,7,9-11H2,1H3,(H2,18,23)/t12?,13-/m0/s1. The summed E-state index contributed by atoms with van der Waals surface area (Å²) in [4.78, 5) is 40.3. The van der Waals surface area contributed by atoms with E-state index in [-0.39, 0.29) is 36.6 Å². The Labute approximate surface area is 158 Å². The van der Waals surface area contributed by atoms with E-state index in [0.29, 0.717) is 17.3 Å². The molecule has 0 aliphatic carbocycles. The fourth-order valence-electron chi connectivity index (χ4n) is 3.04. The van der Waals surface area contributed by atoms with Crippen molar-refractivity contribution >= 4 is 27.6 Å². The second kappa shape index (κ2) is 9.05. The largest absolute Gasteiger partial charge is 0.370 e. The number of hydrogen-bond acceptors (Lipinski definition) is 7. The zero-order valence-electron chi connectivity index (χ0n) is 15.1. The van der Waals surface area contributed by atoms with E-state index in [1.807, 2.05) is 0 Å². The first kappa shape index (κ1) is 21.0. The number of nitrogens with one attached hydrogen (secondary N) is 1. The van der Waals surface area contributed by atoms with Crippen LogP contribution in [0.15, 0.2) is 29.4 Å². The van der Waals surface area contributed by atoms with E-state index < -0.39 is 33.8 Å². The molecule has 0 radical (unpaired) electrons. The molecule has 2 heterocycles. The van der Waals surface area contributed by atoms with Gasteiger partial charge in [0, 0.05) is 19.0 Å². The van der Waals surface area contributed by atoms with Crippen LogP contribution in [0.25, 0.3) is 0 Å². The van der Waals surface area contributed by atoms with Crippen LogP contribution < -0.4 is 11.1 Å². The third kappa shape index (κ3) is 5.33. The maximum atomic E-state index is 13.1. The molecule has 27 heavy (non-hydrogen) atoms. The third-order valence-corrected chi connectivity index (χ3v) is 6.01. The van der Waals surface area contributed by atoms with Crippen molar-refractivity contribution in [1.82, 2.24) is 14.6 Å². The first-order chi connectivity index (χ1) is 12.7. The Morgan fingerprint density at radius 2 is 2.11 bits per heavy atom. The Morgan fingerprint density at radius 3 is 2.74 bits per heavy atom. The van der Waals surface area contributed by atoms with E-state index in [1.54, 1.807) is 13.0 Å². The topological polar surface area (TPSA) is 140 Å². The highest BCUT2D eigenvalue weighted by Crippen LogP contribution is 2.23. The molecule has 2 rings (SSSR count). The van der Waals surface area contributed by atoms with Crippen molar-refractivity contribution in [3.63, 3.8) is 0 Å². The molecule has 0 saturated carbocycles. The lowest BCUT2D eigenvalue weighted by Crippen LogP contribution is -2.50. The number of amides is 2. The molecule has 0 bridgehead atoms. The highest BCUT2D eigenvalue weighted by molar-refractivity contribution is 7.89. The van der Waals surface area contributed by atoms with E-state index in [4.69, 9.17) is 5.73 Å². The molecule has 148 valence electrons. The fraction of sp³-hybridized carbons (Fsp3) is 0.529. The minimum Gasteiger partial charge on any atom is -0.370 e. The van der Waals surface area contributed by atoms with Gasteiger partial charge in [0.15, 0.2) is 10.8 Å². The van der Waals surface area contributed by atoms with Crippen molar-refractivity contribution < 1.29 is 22.8 Å². The highest BCUT2D eigenvalue weighted by atomic mass is 32.2. The van der Waals surface area contributed by atoms with Gasteiger partial charge in [-0.3, -0.25) is 14.4 Å². The number of sulfonamides is 1. The fourth-order valence-corrected chi connectivity index (χ4v) is 4.59. The predicted molar refractivity (Wildman–Crippen MR) is 96.8 cm³/mol. The third-order valence-electron chi connectivity index (χ3n) is 4.26. The molecular weight excluding hydrogens is 372 g/mol. The minimum absolute atomic E-state index is 0.0109. The van der Waals surface area contributed by atoms with Crippen LogP contribution >= 0.6 is 0 Å². The van der Waals surface area contributed by atoms with E-state index in [9.17, 15) is 22.8 Å². The van der Waals surface area contributed by atoms with Gasteiger partial charge in [0.2, 0.25) is 11.8 Å². The van der Waals surface area contributed by atoms with Crippen molar-refractivity contribution in [3.05, 3.63) is 24.4 Å². The van der Waals surface area contributed by atoms with Crippen LogP contribution in [0.5, 0.6) is 0 Å². The number of carbonyl (C=O) groups excluding carboxylic acids is 3. The Bertz CT molecular complexity index is 797. The number of rotatable bonds is 7. The summed E-state index contributed by atoms with van der Waals surface area (Å²) < 4.78 is 26.9.